The minimum atomic E-state index is 0.0166. The van der Waals surface area contributed by atoms with Crippen LogP contribution in [0.3, 0.4) is 0 Å². The standard InChI is InChI=1S/C14H20N2O2/c15-13-8-11(6-7-17)9-16(10-13)14(18)12-4-2-1-3-5-12/h1-5,11,13,17H,6-10,15H2. The summed E-state index contributed by atoms with van der Waals surface area (Å²) in [6, 6.07) is 9.29. The van der Waals surface area contributed by atoms with E-state index >= 15 is 0 Å². The highest BCUT2D eigenvalue weighted by Crippen LogP contribution is 2.20. The molecule has 1 heterocycles. The van der Waals surface area contributed by atoms with Gasteiger partial charge in [0.25, 0.3) is 5.91 Å². The fraction of sp³-hybridized carbons (Fsp3) is 0.500. The first-order chi connectivity index (χ1) is 8.70. The van der Waals surface area contributed by atoms with Crippen LogP contribution in [-0.4, -0.2) is 41.7 Å². The molecule has 1 amide bonds. The highest BCUT2D eigenvalue weighted by molar-refractivity contribution is 5.94. The molecule has 2 atom stereocenters. The van der Waals surface area contributed by atoms with Gasteiger partial charge in [0, 0.05) is 31.3 Å². The average Bonchev–Trinajstić information content (AvgIpc) is 2.38. The summed E-state index contributed by atoms with van der Waals surface area (Å²) >= 11 is 0. The summed E-state index contributed by atoms with van der Waals surface area (Å²) < 4.78 is 0. The van der Waals surface area contributed by atoms with Crippen LogP contribution in [0.5, 0.6) is 0 Å². The van der Waals surface area contributed by atoms with E-state index in [9.17, 15) is 4.79 Å². The topological polar surface area (TPSA) is 66.6 Å². The zero-order valence-electron chi connectivity index (χ0n) is 10.5. The molecule has 0 radical (unpaired) electrons. The van der Waals surface area contributed by atoms with E-state index in [1.807, 2.05) is 35.2 Å². The van der Waals surface area contributed by atoms with Gasteiger partial charge in [0.05, 0.1) is 0 Å². The van der Waals surface area contributed by atoms with E-state index in [1.165, 1.54) is 0 Å². The molecule has 1 aromatic carbocycles. The van der Waals surface area contributed by atoms with Crippen molar-refractivity contribution in [3.05, 3.63) is 35.9 Å². The first-order valence-corrected chi connectivity index (χ1v) is 6.41. The van der Waals surface area contributed by atoms with Gasteiger partial charge in [-0.15, -0.1) is 0 Å². The summed E-state index contributed by atoms with van der Waals surface area (Å²) in [5.74, 6) is 0.347. The molecule has 18 heavy (non-hydrogen) atoms. The molecule has 98 valence electrons. The molecule has 1 aromatic rings. The second-order valence-corrected chi connectivity index (χ2v) is 4.95. The van der Waals surface area contributed by atoms with E-state index in [2.05, 4.69) is 0 Å². The molecule has 4 nitrogen and oxygen atoms in total. The SMILES string of the molecule is NC1CC(CCO)CN(C(=O)c2ccccc2)C1. The Morgan fingerprint density at radius 2 is 2.06 bits per heavy atom. The number of nitrogens with two attached hydrogens (primary N) is 1. The minimum Gasteiger partial charge on any atom is -0.396 e. The first kappa shape index (κ1) is 13.1. The lowest BCUT2D eigenvalue weighted by Crippen LogP contribution is -2.49. The fourth-order valence-corrected chi connectivity index (χ4v) is 2.57. The van der Waals surface area contributed by atoms with Gasteiger partial charge >= 0.3 is 0 Å². The maximum Gasteiger partial charge on any atom is 0.253 e. The Morgan fingerprint density at radius 1 is 1.33 bits per heavy atom. The van der Waals surface area contributed by atoms with Crippen LogP contribution in [0.2, 0.25) is 0 Å². The quantitative estimate of drug-likeness (QED) is 0.833. The number of aliphatic hydroxyl groups is 1. The monoisotopic (exact) mass is 248 g/mol. The Kier molecular flexibility index (Phi) is 4.33. The second-order valence-electron chi connectivity index (χ2n) is 4.95. The number of hydrogen-bond donors (Lipinski definition) is 2. The van der Waals surface area contributed by atoms with E-state index < -0.39 is 0 Å². The zero-order chi connectivity index (χ0) is 13.0. The van der Waals surface area contributed by atoms with Crippen LogP contribution in [-0.2, 0) is 0 Å². The maximum absolute atomic E-state index is 12.3. The second kappa shape index (κ2) is 5.98. The number of nitrogens with zero attached hydrogens (tertiary/aromatic N) is 1. The third-order valence-corrected chi connectivity index (χ3v) is 3.41. The first-order valence-electron chi connectivity index (χ1n) is 6.41. The lowest BCUT2D eigenvalue weighted by atomic mass is 9.92. The predicted octanol–water partition coefficient (Wildman–Crippen LogP) is 0.858. The molecule has 0 aromatic heterocycles. The summed E-state index contributed by atoms with van der Waals surface area (Å²) in [6.45, 7) is 1.46. The van der Waals surface area contributed by atoms with E-state index in [0.29, 0.717) is 31.0 Å². The largest absolute Gasteiger partial charge is 0.396 e. The van der Waals surface area contributed by atoms with E-state index in [1.54, 1.807) is 0 Å². The van der Waals surface area contributed by atoms with Crippen molar-refractivity contribution in [1.29, 1.82) is 0 Å². The number of hydrogen-bond acceptors (Lipinski definition) is 3. The minimum absolute atomic E-state index is 0.0166. The molecule has 2 unspecified atom stereocenters. The van der Waals surface area contributed by atoms with E-state index in [0.717, 1.165) is 6.42 Å². The predicted molar refractivity (Wildman–Crippen MR) is 70.1 cm³/mol. The Labute approximate surface area is 107 Å². The number of piperidine rings is 1. The normalized spacial score (nSPS) is 24.0. The van der Waals surface area contributed by atoms with Gasteiger partial charge in [-0.1, -0.05) is 18.2 Å². The summed E-state index contributed by atoms with van der Waals surface area (Å²) in [6.07, 6.45) is 1.60. The van der Waals surface area contributed by atoms with Crippen LogP contribution in [0.25, 0.3) is 0 Å². The van der Waals surface area contributed by atoms with Crippen LogP contribution in [0, 0.1) is 5.92 Å². The molecule has 3 N–H and O–H groups in total. The number of rotatable bonds is 3. The molecule has 1 aliphatic rings. The number of amides is 1. The van der Waals surface area contributed by atoms with Gasteiger partial charge in [0.15, 0.2) is 0 Å². The zero-order valence-corrected chi connectivity index (χ0v) is 10.5. The molecular weight excluding hydrogens is 228 g/mol. The third-order valence-electron chi connectivity index (χ3n) is 3.41. The van der Waals surface area contributed by atoms with Gasteiger partial charge in [-0.2, -0.15) is 0 Å². The highest BCUT2D eigenvalue weighted by atomic mass is 16.3. The molecule has 0 aliphatic carbocycles. The van der Waals surface area contributed by atoms with Crippen molar-refractivity contribution in [3.8, 4) is 0 Å². The lowest BCUT2D eigenvalue weighted by Gasteiger charge is -2.36. The van der Waals surface area contributed by atoms with Gasteiger partial charge in [-0.3, -0.25) is 4.79 Å². The number of carbonyl (C=O) groups excluding carboxylic acids is 1. The smallest absolute Gasteiger partial charge is 0.253 e. The van der Waals surface area contributed by atoms with Gasteiger partial charge in [-0.05, 0) is 30.9 Å². The molecule has 0 bridgehead atoms. The van der Waals surface area contributed by atoms with Crippen molar-refractivity contribution < 1.29 is 9.90 Å². The van der Waals surface area contributed by atoms with Gasteiger partial charge in [0.2, 0.25) is 0 Å². The Morgan fingerprint density at radius 3 is 2.72 bits per heavy atom. The molecule has 0 saturated carbocycles. The van der Waals surface area contributed by atoms with Crippen molar-refractivity contribution in [2.75, 3.05) is 19.7 Å². The summed E-state index contributed by atoms with van der Waals surface area (Å²) in [5, 5.41) is 9.00. The highest BCUT2D eigenvalue weighted by Gasteiger charge is 2.28. The Hall–Kier alpha value is -1.39. The van der Waals surface area contributed by atoms with Crippen LogP contribution in [0.1, 0.15) is 23.2 Å². The average molecular weight is 248 g/mol. The van der Waals surface area contributed by atoms with Gasteiger partial charge < -0.3 is 15.7 Å². The van der Waals surface area contributed by atoms with Crippen molar-refractivity contribution in [2.24, 2.45) is 11.7 Å². The molecule has 0 spiro atoms. The fourth-order valence-electron chi connectivity index (χ4n) is 2.57. The van der Waals surface area contributed by atoms with Crippen molar-refractivity contribution >= 4 is 5.91 Å². The Bertz CT molecular complexity index is 394. The Balaban J connectivity index is 2.05. The summed E-state index contributed by atoms with van der Waals surface area (Å²) in [7, 11) is 0. The van der Waals surface area contributed by atoms with Crippen LogP contribution in [0.15, 0.2) is 30.3 Å². The number of likely N-dealkylation sites (tertiary alicyclic amines) is 1. The van der Waals surface area contributed by atoms with E-state index in [4.69, 9.17) is 10.8 Å². The van der Waals surface area contributed by atoms with Crippen LogP contribution >= 0.6 is 0 Å². The third kappa shape index (κ3) is 3.09. The summed E-state index contributed by atoms with van der Waals surface area (Å²) in [4.78, 5) is 14.1. The number of carbonyl (C=O) groups is 1. The van der Waals surface area contributed by atoms with E-state index in [-0.39, 0.29) is 18.6 Å². The van der Waals surface area contributed by atoms with Crippen molar-refractivity contribution in [3.63, 3.8) is 0 Å². The summed E-state index contributed by atoms with van der Waals surface area (Å²) in [5.41, 5.74) is 6.69. The van der Waals surface area contributed by atoms with Crippen LogP contribution in [0.4, 0.5) is 0 Å². The lowest BCUT2D eigenvalue weighted by molar-refractivity contribution is 0.0627. The number of aliphatic hydroxyl groups excluding tert-OH is 1. The van der Waals surface area contributed by atoms with Crippen molar-refractivity contribution in [2.45, 2.75) is 18.9 Å². The van der Waals surface area contributed by atoms with Crippen molar-refractivity contribution in [1.82, 2.24) is 4.90 Å². The molecule has 1 aliphatic heterocycles. The molecule has 4 heteroatoms. The molecular formula is C14H20N2O2. The van der Waals surface area contributed by atoms with Crippen LogP contribution < -0.4 is 5.73 Å². The molecule has 1 fully saturated rings. The van der Waals surface area contributed by atoms with Gasteiger partial charge in [0.1, 0.15) is 0 Å². The molecule has 2 rings (SSSR count). The maximum atomic E-state index is 12.3. The molecule has 1 saturated heterocycles. The number of benzene rings is 1. The van der Waals surface area contributed by atoms with Gasteiger partial charge in [-0.25, -0.2) is 0 Å².